The molecule has 0 fully saturated rings. The van der Waals surface area contributed by atoms with Gasteiger partial charge < -0.3 is 35.0 Å². The maximum absolute atomic E-state index is 3.87. The fourth-order valence-corrected chi connectivity index (χ4v) is 0.562. The van der Waals surface area contributed by atoms with Crippen LogP contribution >= 0.6 is 0 Å². The van der Waals surface area contributed by atoms with E-state index in [4.69, 9.17) is 0 Å². The molecule has 0 aromatic carbocycles. The van der Waals surface area contributed by atoms with Crippen molar-refractivity contribution in [2.24, 2.45) is 0 Å². The molecule has 0 N–H and O–H groups in total. The molecule has 5 heteroatoms. The Balaban J connectivity index is -0.000000213. The molecule has 0 spiro atoms. The minimum absolute atomic E-state index is 0. The first-order chi connectivity index (χ1) is 3.72. The second-order valence-electron chi connectivity index (χ2n) is 2.00. The molecule has 2 nitrogen and oxygen atoms in total. The van der Waals surface area contributed by atoms with Gasteiger partial charge in [-0.3, -0.25) is 0 Å². The maximum Gasteiger partial charge on any atom is 3.00 e. The minimum Gasteiger partial charge on any atom is -1.00 e. The molecular weight excluding hydrogens is 262 g/mol. The van der Waals surface area contributed by atoms with Crippen molar-refractivity contribution in [1.29, 1.82) is 0 Å². The molecule has 1 radical (unpaired) electrons. The Kier molecular flexibility index (Phi) is 11.8. The van der Waals surface area contributed by atoms with Crippen molar-refractivity contribution in [1.82, 2.24) is 10.2 Å². The van der Waals surface area contributed by atoms with Crippen LogP contribution in [0.3, 0.4) is 0 Å². The van der Waals surface area contributed by atoms with Crippen molar-refractivity contribution >= 4 is 0 Å². The molecule has 0 unspecified atom stereocenters. The minimum atomic E-state index is 0. The van der Waals surface area contributed by atoms with E-state index in [2.05, 4.69) is 10.2 Å². The number of hydrogen-bond acceptors (Lipinski definition) is 1. The normalized spacial score (nSPS) is 7.18. The number of halogens is 2. The van der Waals surface area contributed by atoms with Crippen LogP contribution in [0.1, 0.15) is 17.0 Å². The Morgan fingerprint density at radius 2 is 1.55 bits per heavy atom. The second kappa shape index (κ2) is 7.33. The summed E-state index contributed by atoms with van der Waals surface area (Å²) >= 11 is 0. The van der Waals surface area contributed by atoms with E-state index in [1.165, 1.54) is 5.56 Å². The van der Waals surface area contributed by atoms with E-state index in [0.29, 0.717) is 0 Å². The van der Waals surface area contributed by atoms with Crippen molar-refractivity contribution in [2.75, 3.05) is 0 Å². The first kappa shape index (κ1) is 17.7. The Labute approximate surface area is 98.5 Å². The van der Waals surface area contributed by atoms with Crippen LogP contribution in [0, 0.1) is 20.8 Å². The Morgan fingerprint density at radius 3 is 1.64 bits per heavy atom. The van der Waals surface area contributed by atoms with E-state index in [0.717, 1.165) is 11.4 Å². The molecule has 0 atom stereocenters. The SMILES string of the molecule is Cc1n[n-]c(C)c1C.[Cl-].[Cl-].[Zr+3]. The Bertz CT molecular complexity index is 181. The molecule has 1 heterocycles. The topological polar surface area (TPSA) is 27.0 Å². The standard InChI is InChI=1S/C6H9N2.2ClH.Zr/c1-4-5(2)7-8-6(4)3;;;/h1-3H3;2*1H;/q-1;;;+3/p-2. The average molecular weight is 271 g/mol. The van der Waals surface area contributed by atoms with Crippen LogP contribution < -0.4 is 29.9 Å². The first-order valence-corrected chi connectivity index (χ1v) is 2.65. The van der Waals surface area contributed by atoms with Gasteiger partial charge in [0.2, 0.25) is 0 Å². The van der Waals surface area contributed by atoms with Crippen LogP contribution in [-0.4, -0.2) is 5.10 Å². The van der Waals surface area contributed by atoms with Gasteiger partial charge in [0.05, 0.1) is 0 Å². The predicted molar refractivity (Wildman–Crippen MR) is 31.8 cm³/mol. The van der Waals surface area contributed by atoms with Gasteiger partial charge in [0, 0.05) is 5.69 Å². The summed E-state index contributed by atoms with van der Waals surface area (Å²) in [6.45, 7) is 5.97. The summed E-state index contributed by atoms with van der Waals surface area (Å²) in [6, 6.07) is 0. The van der Waals surface area contributed by atoms with Crippen LogP contribution in [-0.2, 0) is 26.2 Å². The molecular formula is C6H9Cl2N2Zr. The van der Waals surface area contributed by atoms with Gasteiger partial charge in [-0.2, -0.15) is 0 Å². The summed E-state index contributed by atoms with van der Waals surface area (Å²) in [5.74, 6) is 0. The third-order valence-electron chi connectivity index (χ3n) is 1.44. The summed E-state index contributed by atoms with van der Waals surface area (Å²) in [7, 11) is 0. The zero-order valence-electron chi connectivity index (χ0n) is 6.65. The zero-order valence-corrected chi connectivity index (χ0v) is 10.6. The summed E-state index contributed by atoms with van der Waals surface area (Å²) in [6.07, 6.45) is 0. The Morgan fingerprint density at radius 1 is 1.09 bits per heavy atom. The van der Waals surface area contributed by atoms with E-state index in [-0.39, 0.29) is 51.0 Å². The number of aryl methyl sites for hydroxylation is 2. The van der Waals surface area contributed by atoms with Crippen molar-refractivity contribution in [2.45, 2.75) is 20.8 Å². The monoisotopic (exact) mass is 269 g/mol. The molecule has 0 saturated carbocycles. The smallest absolute Gasteiger partial charge is 1.00 e. The van der Waals surface area contributed by atoms with Gasteiger partial charge in [-0.1, -0.05) is 6.92 Å². The van der Waals surface area contributed by atoms with Gasteiger partial charge in [-0.15, -0.1) is 5.69 Å². The molecule has 1 rings (SSSR count). The van der Waals surface area contributed by atoms with Gasteiger partial charge in [-0.25, -0.2) is 0 Å². The quantitative estimate of drug-likeness (QED) is 0.472. The number of rotatable bonds is 0. The van der Waals surface area contributed by atoms with Crippen LogP contribution in [0.5, 0.6) is 0 Å². The van der Waals surface area contributed by atoms with Crippen LogP contribution in [0.15, 0.2) is 0 Å². The molecule has 0 amide bonds. The third-order valence-corrected chi connectivity index (χ3v) is 1.44. The van der Waals surface area contributed by atoms with Gasteiger partial charge >= 0.3 is 26.2 Å². The average Bonchev–Trinajstić information content (AvgIpc) is 1.98. The van der Waals surface area contributed by atoms with Crippen LogP contribution in [0.4, 0.5) is 0 Å². The van der Waals surface area contributed by atoms with Crippen molar-refractivity contribution in [3.05, 3.63) is 17.0 Å². The summed E-state index contributed by atoms with van der Waals surface area (Å²) in [5, 5.41) is 7.73. The molecule has 0 aliphatic heterocycles. The van der Waals surface area contributed by atoms with Crippen molar-refractivity contribution in [3.8, 4) is 0 Å². The van der Waals surface area contributed by atoms with Gasteiger partial charge in [0.25, 0.3) is 0 Å². The number of aromatic nitrogens is 2. The molecule has 11 heavy (non-hydrogen) atoms. The molecule has 0 aliphatic rings. The molecule has 1 aromatic heterocycles. The summed E-state index contributed by atoms with van der Waals surface area (Å²) in [5.41, 5.74) is 3.30. The zero-order chi connectivity index (χ0) is 6.15. The molecule has 1 aromatic rings. The van der Waals surface area contributed by atoms with Crippen molar-refractivity contribution in [3.63, 3.8) is 0 Å². The van der Waals surface area contributed by atoms with E-state index < -0.39 is 0 Å². The van der Waals surface area contributed by atoms with E-state index in [1.54, 1.807) is 0 Å². The Hall–Kier alpha value is 0.673. The maximum atomic E-state index is 3.87. The summed E-state index contributed by atoms with van der Waals surface area (Å²) in [4.78, 5) is 0. The molecule has 61 valence electrons. The summed E-state index contributed by atoms with van der Waals surface area (Å²) < 4.78 is 0. The first-order valence-electron chi connectivity index (χ1n) is 2.65. The molecule has 0 saturated heterocycles. The van der Waals surface area contributed by atoms with Crippen LogP contribution in [0.25, 0.3) is 0 Å². The molecule has 0 aliphatic carbocycles. The van der Waals surface area contributed by atoms with E-state index in [1.807, 2.05) is 20.8 Å². The largest absolute Gasteiger partial charge is 3.00 e. The molecule has 0 bridgehead atoms. The second-order valence-corrected chi connectivity index (χ2v) is 2.00. The van der Waals surface area contributed by atoms with Gasteiger partial charge in [0.15, 0.2) is 0 Å². The van der Waals surface area contributed by atoms with Gasteiger partial charge in [-0.05, 0) is 19.4 Å². The number of nitrogens with zero attached hydrogens (tertiary/aromatic N) is 2. The van der Waals surface area contributed by atoms with Gasteiger partial charge in [0.1, 0.15) is 0 Å². The number of hydrogen-bond donors (Lipinski definition) is 0. The van der Waals surface area contributed by atoms with Crippen molar-refractivity contribution < 1.29 is 51.0 Å². The van der Waals surface area contributed by atoms with E-state index >= 15 is 0 Å². The fraction of sp³-hybridized carbons (Fsp3) is 0.500. The van der Waals surface area contributed by atoms with Crippen LogP contribution in [0.2, 0.25) is 0 Å². The van der Waals surface area contributed by atoms with E-state index in [9.17, 15) is 0 Å². The predicted octanol–water partition coefficient (Wildman–Crippen LogP) is -5.03. The fourth-order valence-electron chi connectivity index (χ4n) is 0.562. The third kappa shape index (κ3) is 4.29.